The van der Waals surface area contributed by atoms with Gasteiger partial charge in [-0.25, -0.2) is 4.98 Å². The Kier molecular flexibility index (Phi) is 4.26. The largest absolute Gasteiger partial charge is 0.496 e. The molecule has 0 spiro atoms. The van der Waals surface area contributed by atoms with Gasteiger partial charge in [0.2, 0.25) is 0 Å². The normalized spacial score (nSPS) is 12.5. The van der Waals surface area contributed by atoms with Gasteiger partial charge in [-0.2, -0.15) is 0 Å². The number of nitrogens with zero attached hydrogens (tertiary/aromatic N) is 1. The van der Waals surface area contributed by atoms with Crippen LogP contribution in [0, 0.1) is 0 Å². The van der Waals surface area contributed by atoms with E-state index in [1.165, 1.54) is 22.5 Å². The third-order valence-corrected chi connectivity index (χ3v) is 4.40. The molecule has 1 heterocycles. The predicted molar refractivity (Wildman–Crippen MR) is 95.9 cm³/mol. The Morgan fingerprint density at radius 3 is 1.82 bits per heavy atom. The lowest BCUT2D eigenvalue weighted by molar-refractivity contribution is 0.381. The number of nitrogen functional groups attached to an aromatic ring is 1. The fraction of sp³-hybridized carbons (Fsp3) is 0.500. The second-order valence-electron chi connectivity index (χ2n) is 7.68. The number of rotatable bonds is 2. The van der Waals surface area contributed by atoms with Gasteiger partial charge in [-0.15, -0.1) is 11.3 Å². The molecule has 2 rings (SSSR count). The topological polar surface area (TPSA) is 48.1 Å². The molecule has 0 radical (unpaired) electrons. The maximum absolute atomic E-state index is 5.80. The van der Waals surface area contributed by atoms with Gasteiger partial charge in [-0.05, 0) is 23.0 Å². The predicted octanol–water partition coefficient (Wildman–Crippen LogP) is 5.00. The summed E-state index contributed by atoms with van der Waals surface area (Å²) in [6.07, 6.45) is 0. The molecule has 0 saturated carbocycles. The Morgan fingerprint density at radius 1 is 1.00 bits per heavy atom. The summed E-state index contributed by atoms with van der Waals surface area (Å²) >= 11 is 1.47. The minimum Gasteiger partial charge on any atom is -0.496 e. The zero-order chi connectivity index (χ0) is 16.7. The monoisotopic (exact) mass is 318 g/mol. The fourth-order valence-electron chi connectivity index (χ4n) is 2.53. The molecule has 0 aliphatic heterocycles. The summed E-state index contributed by atoms with van der Waals surface area (Å²) < 4.78 is 5.78. The van der Waals surface area contributed by atoms with E-state index in [0.717, 1.165) is 17.0 Å². The maximum Gasteiger partial charge on any atom is 0.180 e. The minimum atomic E-state index is -0.0110. The Labute approximate surface area is 137 Å². The number of hydrogen-bond donors (Lipinski definition) is 1. The fourth-order valence-corrected chi connectivity index (χ4v) is 3.10. The van der Waals surface area contributed by atoms with E-state index in [1.54, 1.807) is 7.11 Å². The first-order chi connectivity index (χ1) is 10.0. The van der Waals surface area contributed by atoms with Crippen LogP contribution in [0.1, 0.15) is 52.7 Å². The van der Waals surface area contributed by atoms with Gasteiger partial charge in [-0.1, -0.05) is 41.5 Å². The van der Waals surface area contributed by atoms with Gasteiger partial charge in [0.15, 0.2) is 5.13 Å². The Bertz CT molecular complexity index is 640. The molecule has 2 N–H and O–H groups in total. The molecule has 0 bridgehead atoms. The summed E-state index contributed by atoms with van der Waals surface area (Å²) in [6, 6.07) is 4.37. The Morgan fingerprint density at radius 2 is 1.50 bits per heavy atom. The number of methoxy groups -OCH3 is 1. The van der Waals surface area contributed by atoms with Crippen LogP contribution in [-0.2, 0) is 10.8 Å². The van der Waals surface area contributed by atoms with E-state index < -0.39 is 0 Å². The van der Waals surface area contributed by atoms with Gasteiger partial charge in [0, 0.05) is 22.1 Å². The molecule has 0 atom stereocenters. The van der Waals surface area contributed by atoms with Gasteiger partial charge in [0.05, 0.1) is 12.8 Å². The first-order valence-electron chi connectivity index (χ1n) is 7.48. The molecule has 0 aliphatic rings. The highest BCUT2D eigenvalue weighted by Crippen LogP contribution is 2.42. The molecule has 0 aliphatic carbocycles. The summed E-state index contributed by atoms with van der Waals surface area (Å²) in [4.78, 5) is 4.44. The lowest BCUT2D eigenvalue weighted by Crippen LogP contribution is -2.19. The van der Waals surface area contributed by atoms with Gasteiger partial charge in [0.25, 0.3) is 0 Å². The van der Waals surface area contributed by atoms with Gasteiger partial charge in [0.1, 0.15) is 5.75 Å². The van der Waals surface area contributed by atoms with E-state index in [9.17, 15) is 0 Å². The summed E-state index contributed by atoms with van der Waals surface area (Å²) in [5.74, 6) is 0.979. The second kappa shape index (κ2) is 5.58. The highest BCUT2D eigenvalue weighted by Gasteiger charge is 2.28. The van der Waals surface area contributed by atoms with Gasteiger partial charge >= 0.3 is 0 Å². The van der Waals surface area contributed by atoms with Crippen molar-refractivity contribution in [3.05, 3.63) is 28.6 Å². The lowest BCUT2D eigenvalue weighted by Gasteiger charge is -2.29. The van der Waals surface area contributed by atoms with Crippen molar-refractivity contribution in [2.75, 3.05) is 12.8 Å². The van der Waals surface area contributed by atoms with E-state index >= 15 is 0 Å². The van der Waals surface area contributed by atoms with Crippen molar-refractivity contribution in [2.24, 2.45) is 0 Å². The van der Waals surface area contributed by atoms with Crippen LogP contribution in [0.15, 0.2) is 17.5 Å². The van der Waals surface area contributed by atoms with E-state index in [2.05, 4.69) is 58.7 Å². The number of aromatic nitrogens is 1. The highest BCUT2D eigenvalue weighted by molar-refractivity contribution is 7.13. The molecule has 0 unspecified atom stereocenters. The van der Waals surface area contributed by atoms with Crippen LogP contribution in [0.4, 0.5) is 5.13 Å². The average Bonchev–Trinajstić information content (AvgIpc) is 2.81. The molecule has 4 heteroatoms. The van der Waals surface area contributed by atoms with Crippen molar-refractivity contribution in [1.82, 2.24) is 4.98 Å². The molecule has 1 aromatic heterocycles. The lowest BCUT2D eigenvalue weighted by atomic mass is 9.78. The van der Waals surface area contributed by atoms with Crippen LogP contribution in [0.5, 0.6) is 5.75 Å². The van der Waals surface area contributed by atoms with Crippen molar-refractivity contribution in [2.45, 2.75) is 52.4 Å². The summed E-state index contributed by atoms with van der Waals surface area (Å²) in [7, 11) is 1.75. The van der Waals surface area contributed by atoms with Crippen LogP contribution in [0.25, 0.3) is 11.3 Å². The van der Waals surface area contributed by atoms with Crippen molar-refractivity contribution in [3.63, 3.8) is 0 Å². The quantitative estimate of drug-likeness (QED) is 0.848. The molecule has 22 heavy (non-hydrogen) atoms. The Hall–Kier alpha value is -1.55. The molecule has 0 fully saturated rings. The standard InChI is InChI=1S/C18H26N2OS/c1-17(2,3)12-8-11(14-10-22-16(19)20-14)9-13(15(12)21-7)18(4,5)6/h8-10H,1-7H3,(H2,19,20). The van der Waals surface area contributed by atoms with Crippen molar-refractivity contribution in [1.29, 1.82) is 0 Å². The van der Waals surface area contributed by atoms with Crippen LogP contribution in [-0.4, -0.2) is 12.1 Å². The zero-order valence-corrected chi connectivity index (χ0v) is 15.4. The zero-order valence-electron chi connectivity index (χ0n) is 14.6. The van der Waals surface area contributed by atoms with Crippen LogP contribution >= 0.6 is 11.3 Å². The number of thiazole rings is 1. The number of ether oxygens (including phenoxy) is 1. The smallest absolute Gasteiger partial charge is 0.180 e. The minimum absolute atomic E-state index is 0.0110. The molecule has 3 nitrogen and oxygen atoms in total. The molecule has 0 amide bonds. The van der Waals surface area contributed by atoms with Crippen LogP contribution < -0.4 is 10.5 Å². The van der Waals surface area contributed by atoms with Crippen molar-refractivity contribution < 1.29 is 4.74 Å². The maximum atomic E-state index is 5.80. The van der Waals surface area contributed by atoms with Crippen LogP contribution in [0.2, 0.25) is 0 Å². The highest BCUT2D eigenvalue weighted by atomic mass is 32.1. The number of nitrogens with two attached hydrogens (primary N) is 1. The van der Waals surface area contributed by atoms with Crippen molar-refractivity contribution >= 4 is 16.5 Å². The van der Waals surface area contributed by atoms with E-state index in [-0.39, 0.29) is 10.8 Å². The molecule has 1 aromatic carbocycles. The third-order valence-electron chi connectivity index (χ3n) is 3.73. The SMILES string of the molecule is COc1c(C(C)(C)C)cc(-c2csc(N)n2)cc1C(C)(C)C. The summed E-state index contributed by atoms with van der Waals surface area (Å²) in [5, 5.41) is 2.61. The molecule has 120 valence electrons. The van der Waals surface area contributed by atoms with Crippen molar-refractivity contribution in [3.8, 4) is 17.0 Å². The number of hydrogen-bond acceptors (Lipinski definition) is 4. The van der Waals surface area contributed by atoms with Crippen LogP contribution in [0.3, 0.4) is 0 Å². The first-order valence-corrected chi connectivity index (χ1v) is 8.36. The van der Waals surface area contributed by atoms with E-state index in [0.29, 0.717) is 5.13 Å². The van der Waals surface area contributed by atoms with E-state index in [1.807, 2.05) is 5.38 Å². The van der Waals surface area contributed by atoms with E-state index in [4.69, 9.17) is 10.5 Å². The van der Waals surface area contributed by atoms with Gasteiger partial charge in [-0.3, -0.25) is 0 Å². The average molecular weight is 318 g/mol. The molecule has 0 saturated heterocycles. The number of anilines is 1. The van der Waals surface area contributed by atoms with Gasteiger partial charge < -0.3 is 10.5 Å². The number of benzene rings is 1. The third kappa shape index (κ3) is 3.27. The molecule has 2 aromatic rings. The molecular weight excluding hydrogens is 292 g/mol. The summed E-state index contributed by atoms with van der Waals surface area (Å²) in [6.45, 7) is 13.2. The Balaban J connectivity index is 2.78. The summed E-state index contributed by atoms with van der Waals surface area (Å²) in [5.41, 5.74) is 10.2. The first kappa shape index (κ1) is 16.8. The second-order valence-corrected chi connectivity index (χ2v) is 8.57. The molecular formula is C18H26N2OS.